The summed E-state index contributed by atoms with van der Waals surface area (Å²) in [7, 11) is 0. The lowest BCUT2D eigenvalue weighted by atomic mass is 9.92. The van der Waals surface area contributed by atoms with E-state index in [1.165, 1.54) is 6.92 Å². The maximum Gasteiger partial charge on any atom is 0.197 e. The van der Waals surface area contributed by atoms with Crippen LogP contribution in [0.3, 0.4) is 0 Å². The van der Waals surface area contributed by atoms with Crippen LogP contribution in [0.4, 0.5) is 0 Å². The van der Waals surface area contributed by atoms with Gasteiger partial charge in [0.15, 0.2) is 11.4 Å². The van der Waals surface area contributed by atoms with Gasteiger partial charge in [0.25, 0.3) is 0 Å². The van der Waals surface area contributed by atoms with Crippen LogP contribution >= 0.6 is 0 Å². The smallest absolute Gasteiger partial charge is 0.197 e. The maximum absolute atomic E-state index is 12.1. The standard InChI is InChI=1S/C14H18O4/c1-7-6-10-11(8(2)9(7)4-5-15)13(17)14(3,18)12(10)16/h6,12,15-16,18H,4-5H2,1-3H3. The first-order valence-electron chi connectivity index (χ1n) is 6.01. The molecule has 0 saturated carbocycles. The van der Waals surface area contributed by atoms with E-state index < -0.39 is 17.5 Å². The summed E-state index contributed by atoms with van der Waals surface area (Å²) in [4.78, 5) is 12.1. The minimum Gasteiger partial charge on any atom is -0.396 e. The molecule has 0 spiro atoms. The van der Waals surface area contributed by atoms with Crippen LogP contribution in [0.25, 0.3) is 0 Å². The Morgan fingerprint density at radius 1 is 1.39 bits per heavy atom. The monoisotopic (exact) mass is 250 g/mol. The highest BCUT2D eigenvalue weighted by molar-refractivity contribution is 6.08. The second-order valence-electron chi connectivity index (χ2n) is 5.11. The maximum atomic E-state index is 12.1. The van der Waals surface area contributed by atoms with Gasteiger partial charge in [-0.05, 0) is 49.4 Å². The molecule has 0 heterocycles. The summed E-state index contributed by atoms with van der Waals surface area (Å²) in [6, 6.07) is 1.73. The molecule has 1 aliphatic rings. The summed E-state index contributed by atoms with van der Waals surface area (Å²) >= 11 is 0. The second kappa shape index (κ2) is 4.16. The topological polar surface area (TPSA) is 77.8 Å². The third-order valence-electron chi connectivity index (χ3n) is 3.84. The Labute approximate surface area is 106 Å². The number of hydrogen-bond acceptors (Lipinski definition) is 4. The molecule has 0 aliphatic heterocycles. The molecule has 18 heavy (non-hydrogen) atoms. The Hall–Kier alpha value is -1.23. The van der Waals surface area contributed by atoms with Crippen molar-refractivity contribution in [1.82, 2.24) is 0 Å². The third-order valence-corrected chi connectivity index (χ3v) is 3.84. The van der Waals surface area contributed by atoms with Gasteiger partial charge in [0.1, 0.15) is 6.10 Å². The zero-order valence-electron chi connectivity index (χ0n) is 10.8. The Balaban J connectivity index is 2.69. The van der Waals surface area contributed by atoms with Gasteiger partial charge in [-0.2, -0.15) is 0 Å². The molecule has 0 bridgehead atoms. The van der Waals surface area contributed by atoms with E-state index in [0.717, 1.165) is 16.7 Å². The molecule has 4 heteroatoms. The Kier molecular flexibility index (Phi) is 3.05. The lowest BCUT2D eigenvalue weighted by molar-refractivity contribution is -0.0321. The molecule has 0 radical (unpaired) electrons. The van der Waals surface area contributed by atoms with Crippen LogP contribution in [-0.2, 0) is 6.42 Å². The van der Waals surface area contributed by atoms with Crippen molar-refractivity contribution >= 4 is 5.78 Å². The number of benzene rings is 1. The lowest BCUT2D eigenvalue weighted by Gasteiger charge is -2.19. The van der Waals surface area contributed by atoms with E-state index in [0.29, 0.717) is 17.5 Å². The van der Waals surface area contributed by atoms with Gasteiger partial charge in [0.05, 0.1) is 0 Å². The van der Waals surface area contributed by atoms with Crippen LogP contribution in [0.1, 0.15) is 45.6 Å². The van der Waals surface area contributed by atoms with E-state index in [2.05, 4.69) is 0 Å². The predicted molar refractivity (Wildman–Crippen MR) is 66.6 cm³/mol. The first-order valence-corrected chi connectivity index (χ1v) is 6.01. The second-order valence-corrected chi connectivity index (χ2v) is 5.11. The molecule has 4 nitrogen and oxygen atoms in total. The largest absolute Gasteiger partial charge is 0.396 e. The number of carbonyl (C=O) groups excluding carboxylic acids is 1. The SMILES string of the molecule is Cc1cc2c(c(C)c1CCO)C(=O)C(C)(O)C2O. The molecular formula is C14H18O4. The van der Waals surface area contributed by atoms with Crippen molar-refractivity contribution in [1.29, 1.82) is 0 Å². The molecular weight excluding hydrogens is 232 g/mol. The minimum absolute atomic E-state index is 0.00754. The van der Waals surface area contributed by atoms with Crippen LogP contribution in [-0.4, -0.2) is 33.3 Å². The van der Waals surface area contributed by atoms with Gasteiger partial charge >= 0.3 is 0 Å². The van der Waals surface area contributed by atoms with Crippen LogP contribution in [0.2, 0.25) is 0 Å². The van der Waals surface area contributed by atoms with Gasteiger partial charge < -0.3 is 15.3 Å². The van der Waals surface area contributed by atoms with Crippen molar-refractivity contribution < 1.29 is 20.1 Å². The van der Waals surface area contributed by atoms with Crippen molar-refractivity contribution in [3.05, 3.63) is 33.9 Å². The minimum atomic E-state index is -1.75. The van der Waals surface area contributed by atoms with Gasteiger partial charge in [0, 0.05) is 12.2 Å². The summed E-state index contributed by atoms with van der Waals surface area (Å²) in [6.07, 6.45) is -0.711. The average Bonchev–Trinajstić information content (AvgIpc) is 2.46. The molecule has 2 atom stereocenters. The summed E-state index contributed by atoms with van der Waals surface area (Å²) in [5, 5.41) is 29.1. The zero-order chi connectivity index (χ0) is 13.7. The number of aliphatic hydroxyl groups is 3. The van der Waals surface area contributed by atoms with Crippen LogP contribution in [0.15, 0.2) is 6.07 Å². The van der Waals surface area contributed by atoms with Gasteiger partial charge in [-0.3, -0.25) is 4.79 Å². The number of fused-ring (bicyclic) bond motifs is 1. The van der Waals surface area contributed by atoms with Crippen molar-refractivity contribution in [3.63, 3.8) is 0 Å². The Bertz CT molecular complexity index is 517. The first-order chi connectivity index (χ1) is 8.32. The first kappa shape index (κ1) is 13.2. The molecule has 1 aliphatic carbocycles. The number of carbonyl (C=O) groups is 1. The summed E-state index contributed by atoms with van der Waals surface area (Å²) in [6.45, 7) is 5.01. The number of hydrogen-bond donors (Lipinski definition) is 3. The number of Topliss-reactive ketones (excluding diaryl/α,β-unsaturated/α-hetero) is 1. The molecule has 1 aromatic carbocycles. The van der Waals surface area contributed by atoms with Crippen LogP contribution in [0, 0.1) is 13.8 Å². The van der Waals surface area contributed by atoms with Gasteiger partial charge in [0.2, 0.25) is 0 Å². The fourth-order valence-electron chi connectivity index (χ4n) is 2.75. The normalized spacial score (nSPS) is 26.6. The van der Waals surface area contributed by atoms with E-state index in [-0.39, 0.29) is 6.61 Å². The lowest BCUT2D eigenvalue weighted by Crippen LogP contribution is -2.35. The van der Waals surface area contributed by atoms with Crippen LogP contribution in [0.5, 0.6) is 0 Å². The number of rotatable bonds is 2. The molecule has 1 aromatic rings. The molecule has 0 amide bonds. The van der Waals surface area contributed by atoms with Gasteiger partial charge in [-0.1, -0.05) is 6.07 Å². The highest BCUT2D eigenvalue weighted by atomic mass is 16.4. The molecule has 98 valence electrons. The highest BCUT2D eigenvalue weighted by Gasteiger charge is 2.49. The Morgan fingerprint density at radius 2 is 2.00 bits per heavy atom. The van der Waals surface area contributed by atoms with Crippen molar-refractivity contribution in [2.24, 2.45) is 0 Å². The predicted octanol–water partition coefficient (Wildman–Crippen LogP) is 0.819. The molecule has 2 rings (SSSR count). The molecule has 0 fully saturated rings. The number of aliphatic hydroxyl groups excluding tert-OH is 2. The molecule has 3 N–H and O–H groups in total. The molecule has 0 aromatic heterocycles. The van der Waals surface area contributed by atoms with E-state index in [1.54, 1.807) is 13.0 Å². The fraction of sp³-hybridized carbons (Fsp3) is 0.500. The van der Waals surface area contributed by atoms with Crippen molar-refractivity contribution in [2.75, 3.05) is 6.61 Å². The number of aryl methyl sites for hydroxylation is 1. The van der Waals surface area contributed by atoms with E-state index in [9.17, 15) is 15.0 Å². The van der Waals surface area contributed by atoms with E-state index in [1.807, 2.05) is 6.92 Å². The zero-order valence-corrected chi connectivity index (χ0v) is 10.8. The van der Waals surface area contributed by atoms with E-state index >= 15 is 0 Å². The highest BCUT2D eigenvalue weighted by Crippen LogP contribution is 2.42. The fourth-order valence-corrected chi connectivity index (χ4v) is 2.75. The van der Waals surface area contributed by atoms with E-state index in [4.69, 9.17) is 5.11 Å². The third kappa shape index (κ3) is 1.61. The van der Waals surface area contributed by atoms with Gasteiger partial charge in [-0.25, -0.2) is 0 Å². The quantitative estimate of drug-likeness (QED) is 0.726. The Morgan fingerprint density at radius 3 is 2.56 bits per heavy atom. The van der Waals surface area contributed by atoms with Crippen LogP contribution < -0.4 is 0 Å². The van der Waals surface area contributed by atoms with Crippen molar-refractivity contribution in [3.8, 4) is 0 Å². The number of ketones is 1. The molecule has 0 saturated heterocycles. The summed E-state index contributed by atoms with van der Waals surface area (Å²) in [5.41, 5.74) is 1.72. The van der Waals surface area contributed by atoms with Crippen molar-refractivity contribution in [2.45, 2.75) is 38.9 Å². The average molecular weight is 250 g/mol. The van der Waals surface area contributed by atoms with Gasteiger partial charge in [-0.15, -0.1) is 0 Å². The molecule has 2 unspecified atom stereocenters. The summed E-state index contributed by atoms with van der Waals surface area (Å²) < 4.78 is 0. The summed E-state index contributed by atoms with van der Waals surface area (Å²) in [5.74, 6) is -0.443.